The number of amides is 2. The van der Waals surface area contributed by atoms with Crippen LogP contribution in [0.3, 0.4) is 0 Å². The van der Waals surface area contributed by atoms with Gasteiger partial charge in [0.1, 0.15) is 12.3 Å². The van der Waals surface area contributed by atoms with E-state index in [9.17, 15) is 9.59 Å². The van der Waals surface area contributed by atoms with Gasteiger partial charge in [0.05, 0.1) is 41.9 Å². The summed E-state index contributed by atoms with van der Waals surface area (Å²) >= 11 is 5.97. The van der Waals surface area contributed by atoms with E-state index in [1.807, 2.05) is 0 Å². The van der Waals surface area contributed by atoms with Gasteiger partial charge < -0.3 is 25.8 Å². The number of benzene rings is 1. The number of carbonyl (C=O) groups is 2. The van der Waals surface area contributed by atoms with E-state index in [1.54, 1.807) is 13.3 Å². The fourth-order valence-corrected chi connectivity index (χ4v) is 2.29. The van der Waals surface area contributed by atoms with Gasteiger partial charge in [0, 0.05) is 25.9 Å². The fourth-order valence-electron chi connectivity index (χ4n) is 2.12. The molecule has 0 bridgehead atoms. The van der Waals surface area contributed by atoms with E-state index in [-0.39, 0.29) is 35.4 Å². The summed E-state index contributed by atoms with van der Waals surface area (Å²) in [4.78, 5) is 24.2. The van der Waals surface area contributed by atoms with Crippen molar-refractivity contribution < 1.29 is 19.1 Å². The van der Waals surface area contributed by atoms with Gasteiger partial charge in [-0.2, -0.15) is 5.10 Å². The number of hydrogen-bond acceptors (Lipinski definition) is 6. The smallest absolute Gasteiger partial charge is 0.259 e. The summed E-state index contributed by atoms with van der Waals surface area (Å²) < 4.78 is 11.4. The first-order chi connectivity index (χ1) is 12.4. The molecule has 148 valence electrons. The summed E-state index contributed by atoms with van der Waals surface area (Å²) in [7, 11) is 2.98. The van der Waals surface area contributed by atoms with Crippen molar-refractivity contribution >= 4 is 47.2 Å². The summed E-state index contributed by atoms with van der Waals surface area (Å²) in [5.74, 6) is -0.350. The lowest BCUT2D eigenvalue weighted by atomic mass is 10.1. The van der Waals surface area contributed by atoms with Crippen molar-refractivity contribution in [3.63, 3.8) is 0 Å². The van der Waals surface area contributed by atoms with E-state index in [0.717, 1.165) is 0 Å². The molecule has 2 aromatic rings. The van der Waals surface area contributed by atoms with Gasteiger partial charge in [-0.1, -0.05) is 11.6 Å². The number of hydrogen-bond donors (Lipinski definition) is 3. The van der Waals surface area contributed by atoms with E-state index in [2.05, 4.69) is 15.7 Å². The summed E-state index contributed by atoms with van der Waals surface area (Å²) in [5, 5.41) is 9.64. The van der Waals surface area contributed by atoms with Crippen molar-refractivity contribution in [1.29, 1.82) is 0 Å². The average molecular weight is 418 g/mol. The second-order valence-corrected chi connectivity index (χ2v) is 5.70. The molecular formula is C16H21Cl2N5O4. The van der Waals surface area contributed by atoms with E-state index >= 15 is 0 Å². The predicted octanol–water partition coefficient (Wildman–Crippen LogP) is 1.56. The largest absolute Gasteiger partial charge is 0.496 e. The monoisotopic (exact) mass is 417 g/mol. The van der Waals surface area contributed by atoms with Gasteiger partial charge in [0.25, 0.3) is 5.91 Å². The lowest BCUT2D eigenvalue weighted by Gasteiger charge is -2.10. The normalized spacial score (nSPS) is 10.0. The van der Waals surface area contributed by atoms with Gasteiger partial charge in [-0.05, 0) is 6.07 Å². The zero-order valence-electron chi connectivity index (χ0n) is 14.8. The molecule has 0 radical (unpaired) electrons. The number of carbonyl (C=O) groups excluding carboxylic acids is 2. The number of halogens is 2. The zero-order chi connectivity index (χ0) is 19.1. The SMILES string of the molecule is COCCNC(=O)Cn1cc(NC(=O)c2cc(Cl)c(N)cc2OC)cn1.Cl. The Morgan fingerprint density at radius 2 is 2.07 bits per heavy atom. The minimum Gasteiger partial charge on any atom is -0.496 e. The molecule has 1 aromatic heterocycles. The third-order valence-electron chi connectivity index (χ3n) is 3.39. The highest BCUT2D eigenvalue weighted by atomic mass is 35.5. The van der Waals surface area contributed by atoms with Crippen LogP contribution in [0, 0.1) is 0 Å². The molecule has 1 aromatic carbocycles. The van der Waals surface area contributed by atoms with Crippen LogP contribution in [-0.4, -0.2) is 49.0 Å². The summed E-state index contributed by atoms with van der Waals surface area (Å²) in [6, 6.07) is 2.91. The Kier molecular flexibility index (Phi) is 8.86. The number of nitrogens with one attached hydrogen (secondary N) is 2. The molecule has 0 aliphatic heterocycles. The van der Waals surface area contributed by atoms with Gasteiger partial charge >= 0.3 is 0 Å². The van der Waals surface area contributed by atoms with Crippen LogP contribution in [0.1, 0.15) is 10.4 Å². The van der Waals surface area contributed by atoms with Gasteiger partial charge in [0.2, 0.25) is 5.91 Å². The molecule has 27 heavy (non-hydrogen) atoms. The first-order valence-corrected chi connectivity index (χ1v) is 8.04. The lowest BCUT2D eigenvalue weighted by molar-refractivity contribution is -0.122. The summed E-state index contributed by atoms with van der Waals surface area (Å²) in [6.07, 6.45) is 2.98. The standard InChI is InChI=1S/C16H20ClN5O4.ClH/c1-25-4-3-19-15(23)9-22-8-10(7-20-22)21-16(24)11-5-12(17)13(18)6-14(11)26-2;/h5-8H,3-4,9,18H2,1-2H3,(H,19,23)(H,21,24);1H. The Bertz CT molecular complexity index is 797. The first kappa shape index (κ1) is 22.6. The molecule has 1 heterocycles. The van der Waals surface area contributed by atoms with Crippen LogP contribution in [0.25, 0.3) is 0 Å². The molecule has 2 rings (SSSR count). The highest BCUT2D eigenvalue weighted by Gasteiger charge is 2.16. The fraction of sp³-hybridized carbons (Fsp3) is 0.312. The Balaban J connectivity index is 0.00000364. The third kappa shape index (κ3) is 6.31. The number of anilines is 2. The number of nitrogens with zero attached hydrogens (tertiary/aromatic N) is 2. The molecule has 0 unspecified atom stereocenters. The van der Waals surface area contributed by atoms with Crippen LogP contribution in [-0.2, 0) is 16.1 Å². The van der Waals surface area contributed by atoms with Gasteiger partial charge in [0.15, 0.2) is 0 Å². The van der Waals surface area contributed by atoms with E-state index in [4.69, 9.17) is 26.8 Å². The van der Waals surface area contributed by atoms with Crippen molar-refractivity contribution in [1.82, 2.24) is 15.1 Å². The number of ether oxygens (including phenoxy) is 2. The lowest BCUT2D eigenvalue weighted by Crippen LogP contribution is -2.30. The Labute approximate surface area is 167 Å². The molecule has 0 saturated heterocycles. The first-order valence-electron chi connectivity index (χ1n) is 7.67. The molecule has 0 aliphatic carbocycles. The highest BCUT2D eigenvalue weighted by Crippen LogP contribution is 2.29. The molecule has 0 fully saturated rings. The second-order valence-electron chi connectivity index (χ2n) is 5.30. The maximum Gasteiger partial charge on any atom is 0.259 e. The number of nitrogen functional groups attached to an aromatic ring is 1. The molecule has 0 spiro atoms. The molecule has 2 amide bonds. The Morgan fingerprint density at radius 1 is 1.33 bits per heavy atom. The molecule has 11 heteroatoms. The van der Waals surface area contributed by atoms with Gasteiger partial charge in [-0.3, -0.25) is 14.3 Å². The number of nitrogens with two attached hydrogens (primary N) is 1. The average Bonchev–Trinajstić information content (AvgIpc) is 3.03. The molecule has 0 saturated carbocycles. The van der Waals surface area contributed by atoms with Crippen molar-refractivity contribution in [3.8, 4) is 5.75 Å². The Morgan fingerprint density at radius 3 is 2.74 bits per heavy atom. The maximum atomic E-state index is 12.4. The van der Waals surface area contributed by atoms with Crippen molar-refractivity contribution in [2.75, 3.05) is 38.4 Å². The molecule has 0 atom stereocenters. The molecular weight excluding hydrogens is 397 g/mol. The van der Waals surface area contributed by atoms with Crippen molar-refractivity contribution in [3.05, 3.63) is 35.1 Å². The quantitative estimate of drug-likeness (QED) is 0.442. The zero-order valence-corrected chi connectivity index (χ0v) is 16.4. The topological polar surface area (TPSA) is 120 Å². The molecule has 9 nitrogen and oxygen atoms in total. The van der Waals surface area contributed by atoms with Crippen LogP contribution in [0.4, 0.5) is 11.4 Å². The second kappa shape index (κ2) is 10.6. The van der Waals surface area contributed by atoms with E-state index in [0.29, 0.717) is 30.3 Å². The van der Waals surface area contributed by atoms with Gasteiger partial charge in [-0.25, -0.2) is 0 Å². The summed E-state index contributed by atoms with van der Waals surface area (Å²) in [5.41, 5.74) is 6.68. The van der Waals surface area contributed by atoms with Crippen LogP contribution in [0.15, 0.2) is 24.5 Å². The predicted molar refractivity (Wildman–Crippen MR) is 105 cm³/mol. The van der Waals surface area contributed by atoms with E-state index < -0.39 is 5.91 Å². The van der Waals surface area contributed by atoms with Crippen molar-refractivity contribution in [2.45, 2.75) is 6.54 Å². The maximum absolute atomic E-state index is 12.4. The molecule has 4 N–H and O–H groups in total. The Hall–Kier alpha value is -2.49. The molecule has 0 aliphatic rings. The number of rotatable bonds is 8. The minimum absolute atomic E-state index is 0. The van der Waals surface area contributed by atoms with Crippen molar-refractivity contribution in [2.24, 2.45) is 0 Å². The minimum atomic E-state index is -0.437. The highest BCUT2D eigenvalue weighted by molar-refractivity contribution is 6.33. The third-order valence-corrected chi connectivity index (χ3v) is 3.72. The summed E-state index contributed by atoms with van der Waals surface area (Å²) in [6.45, 7) is 0.868. The van der Waals surface area contributed by atoms with E-state index in [1.165, 1.54) is 30.1 Å². The van der Waals surface area contributed by atoms with Crippen LogP contribution >= 0.6 is 24.0 Å². The van der Waals surface area contributed by atoms with Crippen LogP contribution < -0.4 is 21.1 Å². The van der Waals surface area contributed by atoms with Crippen LogP contribution in [0.2, 0.25) is 5.02 Å². The number of methoxy groups -OCH3 is 2. The van der Waals surface area contributed by atoms with Gasteiger partial charge in [-0.15, -0.1) is 12.4 Å². The number of aromatic nitrogens is 2. The van der Waals surface area contributed by atoms with Crippen LogP contribution in [0.5, 0.6) is 5.75 Å².